The minimum atomic E-state index is -0.0667. The van der Waals surface area contributed by atoms with Gasteiger partial charge in [0.2, 0.25) is 5.95 Å². The van der Waals surface area contributed by atoms with Gasteiger partial charge in [-0.15, -0.1) is 0 Å². The summed E-state index contributed by atoms with van der Waals surface area (Å²) in [5, 5.41) is 9.92. The highest BCUT2D eigenvalue weighted by atomic mass is 15.2. The second-order valence-corrected chi connectivity index (χ2v) is 6.11. The van der Waals surface area contributed by atoms with Crippen LogP contribution in [0.5, 0.6) is 0 Å². The van der Waals surface area contributed by atoms with E-state index in [1.165, 1.54) is 6.42 Å². The summed E-state index contributed by atoms with van der Waals surface area (Å²) >= 11 is 0. The molecule has 5 N–H and O–H groups in total. The van der Waals surface area contributed by atoms with Crippen molar-refractivity contribution in [3.8, 4) is 0 Å². The molecule has 1 saturated heterocycles. The lowest BCUT2D eigenvalue weighted by Crippen LogP contribution is -2.27. The summed E-state index contributed by atoms with van der Waals surface area (Å²) in [5.41, 5.74) is 6.43. The van der Waals surface area contributed by atoms with Crippen LogP contribution in [0.15, 0.2) is 6.20 Å². The van der Waals surface area contributed by atoms with Crippen LogP contribution in [-0.4, -0.2) is 35.1 Å². The number of nitrogens with one attached hydrogen (secondary N) is 3. The maximum atomic E-state index is 5.91. The van der Waals surface area contributed by atoms with Crippen LogP contribution in [0, 0.1) is 5.92 Å². The molecule has 1 unspecified atom stereocenters. The Bertz CT molecular complexity index is 420. The highest BCUT2D eigenvalue weighted by Gasteiger charge is 2.16. The lowest BCUT2D eigenvalue weighted by atomic mass is 10.1. The van der Waals surface area contributed by atoms with Gasteiger partial charge in [0.25, 0.3) is 0 Å². The predicted molar refractivity (Wildman–Crippen MR) is 79.3 cm³/mol. The zero-order chi connectivity index (χ0) is 13.9. The first-order valence-corrected chi connectivity index (χ1v) is 6.79. The maximum Gasteiger partial charge on any atom is 0.225 e. The molecule has 6 heteroatoms. The summed E-state index contributed by atoms with van der Waals surface area (Å²) in [4.78, 5) is 8.64. The molecular weight excluding hydrogens is 240 g/mol. The van der Waals surface area contributed by atoms with E-state index in [0.29, 0.717) is 23.4 Å². The SMILES string of the molecule is CC(C)(C)Nc1ncc(N)c(NCC2CCNC2)n1. The van der Waals surface area contributed by atoms with Crippen molar-refractivity contribution >= 4 is 17.5 Å². The van der Waals surface area contributed by atoms with Crippen LogP contribution in [0.3, 0.4) is 0 Å². The molecule has 1 atom stereocenters. The van der Waals surface area contributed by atoms with Gasteiger partial charge in [0.1, 0.15) is 0 Å². The van der Waals surface area contributed by atoms with Crippen LogP contribution >= 0.6 is 0 Å². The molecule has 0 aromatic carbocycles. The summed E-state index contributed by atoms with van der Waals surface area (Å²) in [7, 11) is 0. The molecule has 0 aliphatic carbocycles. The Hall–Kier alpha value is -1.56. The minimum absolute atomic E-state index is 0.0667. The Morgan fingerprint density at radius 3 is 2.89 bits per heavy atom. The largest absolute Gasteiger partial charge is 0.394 e. The van der Waals surface area contributed by atoms with Crippen molar-refractivity contribution in [2.75, 3.05) is 36.0 Å². The summed E-state index contributed by atoms with van der Waals surface area (Å²) in [6.07, 6.45) is 2.85. The van der Waals surface area contributed by atoms with Gasteiger partial charge in [-0.2, -0.15) is 4.98 Å². The number of rotatable bonds is 4. The molecule has 1 aromatic heterocycles. The van der Waals surface area contributed by atoms with E-state index in [0.717, 1.165) is 19.6 Å². The Kier molecular flexibility index (Phi) is 4.09. The number of aromatic nitrogens is 2. The predicted octanol–water partition coefficient (Wildman–Crippen LogP) is 1.29. The number of nitrogen functional groups attached to an aromatic ring is 1. The number of nitrogens with zero attached hydrogens (tertiary/aromatic N) is 2. The van der Waals surface area contributed by atoms with Gasteiger partial charge in [0.15, 0.2) is 5.82 Å². The summed E-state index contributed by atoms with van der Waals surface area (Å²) in [6.45, 7) is 9.27. The molecule has 0 amide bonds. The van der Waals surface area contributed by atoms with Gasteiger partial charge < -0.3 is 21.7 Å². The molecule has 0 radical (unpaired) electrons. The first-order valence-electron chi connectivity index (χ1n) is 6.79. The van der Waals surface area contributed by atoms with Crippen molar-refractivity contribution in [1.82, 2.24) is 15.3 Å². The lowest BCUT2D eigenvalue weighted by Gasteiger charge is -2.21. The molecule has 106 valence electrons. The highest BCUT2D eigenvalue weighted by Crippen LogP contribution is 2.19. The monoisotopic (exact) mass is 264 g/mol. The molecule has 2 rings (SSSR count). The van der Waals surface area contributed by atoms with Crippen LogP contribution in [0.2, 0.25) is 0 Å². The van der Waals surface area contributed by atoms with Gasteiger partial charge >= 0.3 is 0 Å². The average Bonchev–Trinajstić information content (AvgIpc) is 2.81. The standard InChI is InChI=1S/C13H24N6/c1-13(2,3)19-12-17-8-10(14)11(18-12)16-7-9-4-5-15-6-9/h8-9,15H,4-7,14H2,1-3H3,(H2,16,17,18,19). The smallest absolute Gasteiger partial charge is 0.225 e. The van der Waals surface area contributed by atoms with E-state index in [2.05, 4.69) is 46.7 Å². The Morgan fingerprint density at radius 2 is 2.26 bits per heavy atom. The Labute approximate surface area is 114 Å². The van der Waals surface area contributed by atoms with E-state index in [1.54, 1.807) is 6.20 Å². The fourth-order valence-electron chi connectivity index (χ4n) is 2.06. The van der Waals surface area contributed by atoms with Crippen LogP contribution in [0.1, 0.15) is 27.2 Å². The van der Waals surface area contributed by atoms with Crippen LogP contribution < -0.4 is 21.7 Å². The summed E-state index contributed by atoms with van der Waals surface area (Å²) in [6, 6.07) is 0. The van der Waals surface area contributed by atoms with Crippen molar-refractivity contribution < 1.29 is 0 Å². The van der Waals surface area contributed by atoms with E-state index >= 15 is 0 Å². The zero-order valence-corrected chi connectivity index (χ0v) is 12.0. The van der Waals surface area contributed by atoms with Crippen LogP contribution in [0.4, 0.5) is 17.5 Å². The van der Waals surface area contributed by atoms with E-state index in [1.807, 2.05) is 0 Å². The van der Waals surface area contributed by atoms with Gasteiger partial charge in [0, 0.05) is 12.1 Å². The first-order chi connectivity index (χ1) is 8.94. The van der Waals surface area contributed by atoms with Gasteiger partial charge in [-0.1, -0.05) is 0 Å². The topological polar surface area (TPSA) is 87.9 Å². The lowest BCUT2D eigenvalue weighted by molar-refractivity contribution is 0.613. The van der Waals surface area contributed by atoms with Crippen molar-refractivity contribution in [3.63, 3.8) is 0 Å². The maximum absolute atomic E-state index is 5.91. The fraction of sp³-hybridized carbons (Fsp3) is 0.692. The quantitative estimate of drug-likeness (QED) is 0.655. The highest BCUT2D eigenvalue weighted by molar-refractivity contribution is 5.61. The van der Waals surface area contributed by atoms with Gasteiger partial charge in [-0.25, -0.2) is 4.98 Å². The van der Waals surface area contributed by atoms with Crippen molar-refractivity contribution in [2.45, 2.75) is 32.7 Å². The van der Waals surface area contributed by atoms with Gasteiger partial charge in [-0.3, -0.25) is 0 Å². The van der Waals surface area contributed by atoms with Crippen LogP contribution in [0.25, 0.3) is 0 Å². The van der Waals surface area contributed by atoms with E-state index in [-0.39, 0.29) is 5.54 Å². The molecule has 2 heterocycles. The Balaban J connectivity index is 2.00. The third kappa shape index (κ3) is 4.24. The summed E-state index contributed by atoms with van der Waals surface area (Å²) < 4.78 is 0. The van der Waals surface area contributed by atoms with E-state index in [9.17, 15) is 0 Å². The molecule has 1 aliphatic heterocycles. The van der Waals surface area contributed by atoms with Crippen molar-refractivity contribution in [3.05, 3.63) is 6.20 Å². The number of nitrogens with two attached hydrogens (primary N) is 1. The molecule has 0 bridgehead atoms. The second kappa shape index (κ2) is 5.61. The van der Waals surface area contributed by atoms with Crippen molar-refractivity contribution in [2.24, 2.45) is 5.92 Å². The van der Waals surface area contributed by atoms with Gasteiger partial charge in [0.05, 0.1) is 11.9 Å². The molecule has 0 spiro atoms. The molecular formula is C13H24N6. The summed E-state index contributed by atoms with van der Waals surface area (Å²) in [5.74, 6) is 1.97. The van der Waals surface area contributed by atoms with Crippen molar-refractivity contribution in [1.29, 1.82) is 0 Å². The number of hydrogen-bond donors (Lipinski definition) is 4. The molecule has 1 aromatic rings. The average molecular weight is 264 g/mol. The Morgan fingerprint density at radius 1 is 1.47 bits per heavy atom. The molecule has 1 aliphatic rings. The molecule has 0 saturated carbocycles. The molecule has 1 fully saturated rings. The molecule has 19 heavy (non-hydrogen) atoms. The third-order valence-electron chi connectivity index (χ3n) is 3.02. The van der Waals surface area contributed by atoms with E-state index in [4.69, 9.17) is 5.73 Å². The number of anilines is 3. The molecule has 6 nitrogen and oxygen atoms in total. The van der Waals surface area contributed by atoms with Crippen LogP contribution in [-0.2, 0) is 0 Å². The third-order valence-corrected chi connectivity index (χ3v) is 3.02. The number of hydrogen-bond acceptors (Lipinski definition) is 6. The fourth-order valence-corrected chi connectivity index (χ4v) is 2.06. The minimum Gasteiger partial charge on any atom is -0.394 e. The second-order valence-electron chi connectivity index (χ2n) is 6.11. The zero-order valence-electron chi connectivity index (χ0n) is 12.0. The van der Waals surface area contributed by atoms with Gasteiger partial charge in [-0.05, 0) is 46.2 Å². The van der Waals surface area contributed by atoms with E-state index < -0.39 is 0 Å². The normalized spacial score (nSPS) is 19.4. The first kappa shape index (κ1) is 13.9.